The normalized spacial score (nSPS) is 11.9. The van der Waals surface area contributed by atoms with Crippen molar-refractivity contribution in [3.8, 4) is 0 Å². The van der Waals surface area contributed by atoms with Crippen LogP contribution in [0.2, 0.25) is 10.0 Å². The summed E-state index contributed by atoms with van der Waals surface area (Å²) < 4.78 is 31.2. The number of amides is 1. The van der Waals surface area contributed by atoms with Crippen molar-refractivity contribution >= 4 is 55.8 Å². The number of carbonyl (C=O) groups is 1. The number of fused-ring (bicyclic) bond motifs is 1. The van der Waals surface area contributed by atoms with Gasteiger partial charge in [0.1, 0.15) is 0 Å². The molecule has 0 bridgehead atoms. The van der Waals surface area contributed by atoms with Crippen molar-refractivity contribution in [3.63, 3.8) is 0 Å². The summed E-state index contributed by atoms with van der Waals surface area (Å²) in [4.78, 5) is 12.7. The molecule has 0 radical (unpaired) electrons. The predicted octanol–water partition coefficient (Wildman–Crippen LogP) is 4.55. The van der Waals surface area contributed by atoms with E-state index in [2.05, 4.69) is 5.32 Å². The average molecular weight is 427 g/mol. The van der Waals surface area contributed by atoms with Gasteiger partial charge < -0.3 is 9.73 Å². The Kier molecular flexibility index (Phi) is 5.22. The van der Waals surface area contributed by atoms with Gasteiger partial charge in [-0.2, -0.15) is 0 Å². The second-order valence-corrected chi connectivity index (χ2v) is 9.09. The molecule has 9 heteroatoms. The zero-order valence-corrected chi connectivity index (χ0v) is 17.0. The minimum atomic E-state index is -3.61. The molecule has 1 heterocycles. The molecular formula is C18H16Cl2N2O4S. The highest BCUT2D eigenvalue weighted by Crippen LogP contribution is 2.34. The van der Waals surface area contributed by atoms with Crippen molar-refractivity contribution in [3.05, 3.63) is 57.8 Å². The number of hydrogen-bond donors (Lipinski definition) is 1. The van der Waals surface area contributed by atoms with E-state index in [1.165, 1.54) is 32.3 Å². The van der Waals surface area contributed by atoms with Crippen LogP contribution in [0.4, 0.5) is 5.69 Å². The van der Waals surface area contributed by atoms with Crippen LogP contribution in [-0.2, 0) is 10.0 Å². The number of sulfonamides is 1. The molecule has 0 unspecified atom stereocenters. The molecule has 27 heavy (non-hydrogen) atoms. The zero-order chi connectivity index (χ0) is 19.9. The van der Waals surface area contributed by atoms with Crippen molar-refractivity contribution < 1.29 is 17.6 Å². The molecule has 3 rings (SSSR count). The van der Waals surface area contributed by atoms with Crippen LogP contribution >= 0.6 is 23.2 Å². The molecule has 0 aliphatic rings. The zero-order valence-electron chi connectivity index (χ0n) is 14.7. The van der Waals surface area contributed by atoms with E-state index in [-0.39, 0.29) is 10.7 Å². The van der Waals surface area contributed by atoms with Gasteiger partial charge in [-0.3, -0.25) is 4.79 Å². The molecular weight excluding hydrogens is 411 g/mol. The van der Waals surface area contributed by atoms with Crippen LogP contribution in [0.3, 0.4) is 0 Å². The molecule has 0 atom stereocenters. The molecule has 0 aliphatic heterocycles. The summed E-state index contributed by atoms with van der Waals surface area (Å²) in [5.74, 6) is -0.440. The lowest BCUT2D eigenvalue weighted by Gasteiger charge is -2.12. The molecule has 0 aliphatic carbocycles. The summed E-state index contributed by atoms with van der Waals surface area (Å²) in [6.45, 7) is 1.72. The van der Waals surface area contributed by atoms with E-state index >= 15 is 0 Å². The van der Waals surface area contributed by atoms with Crippen molar-refractivity contribution in [2.45, 2.75) is 11.8 Å². The van der Waals surface area contributed by atoms with E-state index in [4.69, 9.17) is 27.6 Å². The number of hydrogen-bond acceptors (Lipinski definition) is 4. The number of anilines is 1. The van der Waals surface area contributed by atoms with Gasteiger partial charge in [-0.1, -0.05) is 29.3 Å². The first kappa shape index (κ1) is 19.7. The predicted molar refractivity (Wildman–Crippen MR) is 106 cm³/mol. The van der Waals surface area contributed by atoms with Crippen molar-refractivity contribution in [2.75, 3.05) is 19.4 Å². The first-order chi connectivity index (χ1) is 12.6. The van der Waals surface area contributed by atoms with Gasteiger partial charge in [-0.25, -0.2) is 12.7 Å². The van der Waals surface area contributed by atoms with E-state index in [0.29, 0.717) is 32.3 Å². The number of nitrogens with one attached hydrogen (secondary N) is 1. The quantitative estimate of drug-likeness (QED) is 0.663. The second-order valence-electron chi connectivity index (χ2n) is 6.09. The van der Waals surface area contributed by atoms with Gasteiger partial charge >= 0.3 is 0 Å². The van der Waals surface area contributed by atoms with Gasteiger partial charge in [0.05, 0.1) is 9.92 Å². The average Bonchev–Trinajstić information content (AvgIpc) is 2.92. The summed E-state index contributed by atoms with van der Waals surface area (Å²) in [6, 6.07) is 9.19. The third-order valence-corrected chi connectivity index (χ3v) is 6.34. The lowest BCUT2D eigenvalue weighted by molar-refractivity contribution is 0.0998. The van der Waals surface area contributed by atoms with Gasteiger partial charge in [0.25, 0.3) is 5.91 Å². The summed E-state index contributed by atoms with van der Waals surface area (Å²) in [5.41, 5.74) is 1.28. The molecule has 0 saturated carbocycles. The SMILES string of the molecule is Cc1c(C(=O)Nc2cccc(S(=O)(=O)N(C)C)c2)oc2c(Cl)cc(Cl)cc12. The molecule has 6 nitrogen and oxygen atoms in total. The number of nitrogens with zero attached hydrogens (tertiary/aromatic N) is 1. The lowest BCUT2D eigenvalue weighted by Crippen LogP contribution is -2.22. The van der Waals surface area contributed by atoms with Crippen LogP contribution in [0.1, 0.15) is 16.1 Å². The first-order valence-electron chi connectivity index (χ1n) is 7.83. The molecule has 0 saturated heterocycles. The van der Waals surface area contributed by atoms with Crippen LogP contribution < -0.4 is 5.32 Å². The number of aryl methyl sites for hydroxylation is 1. The molecule has 142 valence electrons. The summed E-state index contributed by atoms with van der Waals surface area (Å²) in [7, 11) is -0.737. The van der Waals surface area contributed by atoms with E-state index in [1.807, 2.05) is 0 Å². The highest BCUT2D eigenvalue weighted by Gasteiger charge is 2.21. The number of halogens is 2. The molecule has 2 aromatic carbocycles. The first-order valence-corrected chi connectivity index (χ1v) is 10.0. The van der Waals surface area contributed by atoms with Gasteiger partial charge in [0, 0.05) is 35.8 Å². The number of benzene rings is 2. The van der Waals surface area contributed by atoms with Crippen molar-refractivity contribution in [1.82, 2.24) is 4.31 Å². The number of rotatable bonds is 4. The monoisotopic (exact) mass is 426 g/mol. The lowest BCUT2D eigenvalue weighted by atomic mass is 10.1. The van der Waals surface area contributed by atoms with E-state index < -0.39 is 15.9 Å². The molecule has 3 aromatic rings. The highest BCUT2D eigenvalue weighted by molar-refractivity contribution is 7.89. The maximum absolute atomic E-state index is 12.7. The molecule has 1 aromatic heterocycles. The Labute approximate surface area is 166 Å². The smallest absolute Gasteiger partial charge is 0.291 e. The van der Waals surface area contributed by atoms with E-state index in [0.717, 1.165) is 4.31 Å². The summed E-state index contributed by atoms with van der Waals surface area (Å²) in [5, 5.41) is 4.03. The Morgan fingerprint density at radius 2 is 1.85 bits per heavy atom. The maximum atomic E-state index is 12.7. The standard InChI is InChI=1S/C18H16Cl2N2O4S/c1-10-14-7-11(19)8-15(20)17(14)26-16(10)18(23)21-12-5-4-6-13(9-12)27(24,25)22(2)3/h4-9H,1-3H3,(H,21,23). The van der Waals surface area contributed by atoms with E-state index in [1.54, 1.807) is 25.1 Å². The molecule has 1 N–H and O–H groups in total. The Bertz CT molecular complexity index is 1150. The Balaban J connectivity index is 1.96. The third-order valence-electron chi connectivity index (χ3n) is 4.03. The Hall–Kier alpha value is -2.06. The minimum Gasteiger partial charge on any atom is -0.449 e. The fourth-order valence-electron chi connectivity index (χ4n) is 2.59. The minimum absolute atomic E-state index is 0.0708. The van der Waals surface area contributed by atoms with Gasteiger partial charge in [0.2, 0.25) is 10.0 Å². The highest BCUT2D eigenvalue weighted by atomic mass is 35.5. The largest absolute Gasteiger partial charge is 0.449 e. The fourth-order valence-corrected chi connectivity index (χ4v) is 4.07. The molecule has 0 spiro atoms. The Morgan fingerprint density at radius 3 is 2.52 bits per heavy atom. The maximum Gasteiger partial charge on any atom is 0.291 e. The molecule has 0 fully saturated rings. The fraction of sp³-hybridized carbons (Fsp3) is 0.167. The third kappa shape index (κ3) is 3.68. The van der Waals surface area contributed by atoms with Crippen LogP contribution in [-0.4, -0.2) is 32.7 Å². The van der Waals surface area contributed by atoms with Gasteiger partial charge in [-0.15, -0.1) is 0 Å². The molecule has 1 amide bonds. The topological polar surface area (TPSA) is 79.6 Å². The second kappa shape index (κ2) is 7.16. The van der Waals surface area contributed by atoms with Crippen molar-refractivity contribution in [1.29, 1.82) is 0 Å². The van der Waals surface area contributed by atoms with Crippen LogP contribution in [0.25, 0.3) is 11.0 Å². The van der Waals surface area contributed by atoms with E-state index in [9.17, 15) is 13.2 Å². The van der Waals surface area contributed by atoms with Crippen molar-refractivity contribution in [2.24, 2.45) is 0 Å². The number of carbonyl (C=O) groups excluding carboxylic acids is 1. The van der Waals surface area contributed by atoms with Crippen LogP contribution in [0.15, 0.2) is 45.7 Å². The Morgan fingerprint density at radius 1 is 1.15 bits per heavy atom. The van der Waals surface area contributed by atoms with Gasteiger partial charge in [0.15, 0.2) is 11.3 Å². The van der Waals surface area contributed by atoms with Gasteiger partial charge in [-0.05, 0) is 37.3 Å². The number of furan rings is 1. The summed E-state index contributed by atoms with van der Waals surface area (Å²) >= 11 is 12.1. The van der Waals surface area contributed by atoms with Crippen LogP contribution in [0, 0.1) is 6.92 Å². The van der Waals surface area contributed by atoms with Crippen LogP contribution in [0.5, 0.6) is 0 Å². The summed E-state index contributed by atoms with van der Waals surface area (Å²) in [6.07, 6.45) is 0.